The molecule has 2 N–H and O–H groups in total. The highest BCUT2D eigenvalue weighted by Gasteiger charge is 2.23. The number of aryl methyl sites for hydroxylation is 1. The predicted molar refractivity (Wildman–Crippen MR) is 116 cm³/mol. The topological polar surface area (TPSA) is 56.7 Å². The Hall–Kier alpha value is -3.14. The molecule has 4 heteroatoms. The minimum atomic E-state index is 0.0730. The zero-order valence-corrected chi connectivity index (χ0v) is 16.8. The molecule has 1 unspecified atom stereocenters. The number of aromatic nitrogens is 3. The number of hydrogen-bond acceptors (Lipinski definition) is 3. The van der Waals surface area contributed by atoms with Crippen LogP contribution >= 0.6 is 0 Å². The van der Waals surface area contributed by atoms with E-state index >= 15 is 0 Å². The molecule has 2 heterocycles. The summed E-state index contributed by atoms with van der Waals surface area (Å²) in [6, 6.07) is 21.0. The number of nitrogens with two attached hydrogens (primary N) is 1. The van der Waals surface area contributed by atoms with Gasteiger partial charge in [0.25, 0.3) is 0 Å². The molecular formula is C24H26N4. The second kappa shape index (κ2) is 7.12. The van der Waals surface area contributed by atoms with E-state index in [1.54, 1.807) is 0 Å². The first kappa shape index (κ1) is 18.2. The first-order valence-electron chi connectivity index (χ1n) is 9.73. The van der Waals surface area contributed by atoms with Crippen LogP contribution in [0.1, 0.15) is 54.0 Å². The average Bonchev–Trinajstić information content (AvgIpc) is 2.98. The Morgan fingerprint density at radius 1 is 0.821 bits per heavy atom. The molecule has 0 aliphatic carbocycles. The molecule has 4 rings (SSSR count). The first-order chi connectivity index (χ1) is 13.5. The van der Waals surface area contributed by atoms with Crippen LogP contribution in [0.3, 0.4) is 0 Å². The van der Waals surface area contributed by atoms with Crippen LogP contribution in [0.25, 0.3) is 11.0 Å². The van der Waals surface area contributed by atoms with Crippen LogP contribution in [0.15, 0.2) is 60.7 Å². The molecule has 0 bridgehead atoms. The van der Waals surface area contributed by atoms with Gasteiger partial charge in [-0.25, -0.2) is 9.97 Å². The largest absolute Gasteiger partial charge is 0.383 e. The van der Waals surface area contributed by atoms with Gasteiger partial charge in [-0.15, -0.1) is 0 Å². The van der Waals surface area contributed by atoms with Gasteiger partial charge in [0.2, 0.25) is 0 Å². The van der Waals surface area contributed by atoms with Gasteiger partial charge in [-0.1, -0.05) is 67.6 Å². The fraction of sp³-hybridized carbons (Fsp3) is 0.250. The Labute approximate surface area is 166 Å². The van der Waals surface area contributed by atoms with Crippen molar-refractivity contribution in [3.05, 3.63) is 88.9 Å². The van der Waals surface area contributed by atoms with E-state index in [9.17, 15) is 0 Å². The van der Waals surface area contributed by atoms with E-state index < -0.39 is 0 Å². The maximum absolute atomic E-state index is 6.43. The average molecular weight is 371 g/mol. The zero-order chi connectivity index (χ0) is 19.8. The normalized spacial score (nSPS) is 13.6. The highest BCUT2D eigenvalue weighted by atomic mass is 15.1. The van der Waals surface area contributed by atoms with Gasteiger partial charge in [0.05, 0.1) is 11.4 Å². The number of fused-ring (bicyclic) bond motifs is 1. The minimum Gasteiger partial charge on any atom is -0.383 e. The van der Waals surface area contributed by atoms with Crippen molar-refractivity contribution in [2.24, 2.45) is 0 Å². The van der Waals surface area contributed by atoms with Crippen LogP contribution in [0.2, 0.25) is 0 Å². The van der Waals surface area contributed by atoms with Crippen molar-refractivity contribution < 1.29 is 0 Å². The smallest absolute Gasteiger partial charge is 0.146 e. The molecule has 0 aliphatic rings. The summed E-state index contributed by atoms with van der Waals surface area (Å²) in [5.41, 5.74) is 12.1. The zero-order valence-electron chi connectivity index (χ0n) is 16.8. The van der Waals surface area contributed by atoms with E-state index in [2.05, 4.69) is 73.6 Å². The van der Waals surface area contributed by atoms with Crippen LogP contribution in [0.4, 0.5) is 5.82 Å². The SMILES string of the molecule is Cc1c(C)n([C@H](C)c2ccccc2)c2nc(C(C)c3ccccc3)nc(N)c12. The van der Waals surface area contributed by atoms with E-state index in [-0.39, 0.29) is 12.0 Å². The standard InChI is InChI=1S/C24H26N4/c1-15-17(3)28(18(4)20-13-9-6-10-14-20)24-21(15)22(25)26-23(27-24)16(2)19-11-7-5-8-12-19/h5-14,16,18H,1-4H3,(H2,25,26,27)/t16?,18-/m1/s1. The van der Waals surface area contributed by atoms with Gasteiger partial charge in [-0.3, -0.25) is 0 Å². The van der Waals surface area contributed by atoms with Crippen molar-refractivity contribution in [3.63, 3.8) is 0 Å². The summed E-state index contributed by atoms with van der Waals surface area (Å²) in [4.78, 5) is 9.69. The van der Waals surface area contributed by atoms with Gasteiger partial charge >= 0.3 is 0 Å². The highest BCUT2D eigenvalue weighted by Crippen LogP contribution is 2.34. The quantitative estimate of drug-likeness (QED) is 0.524. The number of hydrogen-bond donors (Lipinski definition) is 1. The summed E-state index contributed by atoms with van der Waals surface area (Å²) in [5.74, 6) is 1.39. The third-order valence-corrected chi connectivity index (χ3v) is 5.80. The Morgan fingerprint density at radius 3 is 2.00 bits per heavy atom. The number of anilines is 1. The predicted octanol–water partition coefficient (Wildman–Crippen LogP) is 5.39. The van der Waals surface area contributed by atoms with E-state index in [0.29, 0.717) is 5.82 Å². The van der Waals surface area contributed by atoms with Crippen LogP contribution in [-0.4, -0.2) is 14.5 Å². The summed E-state index contributed by atoms with van der Waals surface area (Å²) in [6.07, 6.45) is 0. The fourth-order valence-electron chi connectivity index (χ4n) is 3.98. The number of nitrogen functional groups attached to an aromatic ring is 1. The second-order valence-corrected chi connectivity index (χ2v) is 7.47. The lowest BCUT2D eigenvalue weighted by Crippen LogP contribution is -2.11. The molecule has 0 amide bonds. The minimum absolute atomic E-state index is 0.0730. The van der Waals surface area contributed by atoms with Crippen molar-refractivity contribution >= 4 is 16.9 Å². The van der Waals surface area contributed by atoms with Crippen LogP contribution in [0.5, 0.6) is 0 Å². The lowest BCUT2D eigenvalue weighted by atomic mass is 10.0. The second-order valence-electron chi connectivity index (χ2n) is 7.47. The fourth-order valence-corrected chi connectivity index (χ4v) is 3.98. The van der Waals surface area contributed by atoms with Gasteiger partial charge in [0.15, 0.2) is 0 Å². The monoisotopic (exact) mass is 370 g/mol. The van der Waals surface area contributed by atoms with Crippen LogP contribution in [0, 0.1) is 13.8 Å². The molecule has 0 radical (unpaired) electrons. The van der Waals surface area contributed by atoms with E-state index in [1.807, 2.05) is 24.3 Å². The van der Waals surface area contributed by atoms with Crippen molar-refractivity contribution in [1.82, 2.24) is 14.5 Å². The van der Waals surface area contributed by atoms with Gasteiger partial charge in [0.1, 0.15) is 17.3 Å². The Morgan fingerprint density at radius 2 is 1.39 bits per heavy atom. The molecule has 2 atom stereocenters. The maximum Gasteiger partial charge on any atom is 0.146 e. The van der Waals surface area contributed by atoms with Crippen molar-refractivity contribution in [1.29, 1.82) is 0 Å². The summed E-state index contributed by atoms with van der Waals surface area (Å²) in [5, 5.41) is 0.962. The third-order valence-electron chi connectivity index (χ3n) is 5.80. The molecule has 142 valence electrons. The molecule has 0 spiro atoms. The van der Waals surface area contributed by atoms with Gasteiger partial charge in [-0.05, 0) is 37.5 Å². The van der Waals surface area contributed by atoms with Gasteiger partial charge < -0.3 is 10.3 Å². The number of nitrogens with zero attached hydrogens (tertiary/aromatic N) is 3. The van der Waals surface area contributed by atoms with E-state index in [4.69, 9.17) is 10.7 Å². The molecule has 2 aromatic carbocycles. The molecule has 0 saturated heterocycles. The van der Waals surface area contributed by atoms with Crippen molar-refractivity contribution in [2.75, 3.05) is 5.73 Å². The summed E-state index contributed by atoms with van der Waals surface area (Å²) >= 11 is 0. The number of benzene rings is 2. The highest BCUT2D eigenvalue weighted by molar-refractivity contribution is 5.91. The number of rotatable bonds is 4. The Bertz CT molecular complexity index is 1110. The molecule has 0 aliphatic heterocycles. The van der Waals surface area contributed by atoms with Gasteiger partial charge in [0, 0.05) is 11.6 Å². The maximum atomic E-state index is 6.43. The van der Waals surface area contributed by atoms with Crippen LogP contribution < -0.4 is 5.73 Å². The molecule has 4 nitrogen and oxygen atoms in total. The molecule has 0 fully saturated rings. The first-order valence-corrected chi connectivity index (χ1v) is 9.73. The Balaban J connectivity index is 1.91. The lowest BCUT2D eigenvalue weighted by Gasteiger charge is -2.18. The molecular weight excluding hydrogens is 344 g/mol. The van der Waals surface area contributed by atoms with E-state index in [1.165, 1.54) is 16.8 Å². The molecule has 4 aromatic rings. The molecule has 28 heavy (non-hydrogen) atoms. The van der Waals surface area contributed by atoms with Gasteiger partial charge in [-0.2, -0.15) is 0 Å². The molecule has 0 saturated carbocycles. The third kappa shape index (κ3) is 2.95. The van der Waals surface area contributed by atoms with Crippen molar-refractivity contribution in [2.45, 2.75) is 39.7 Å². The summed E-state index contributed by atoms with van der Waals surface area (Å²) in [6.45, 7) is 8.57. The van der Waals surface area contributed by atoms with Crippen molar-refractivity contribution in [3.8, 4) is 0 Å². The van der Waals surface area contributed by atoms with E-state index in [0.717, 1.165) is 22.4 Å². The summed E-state index contributed by atoms with van der Waals surface area (Å²) in [7, 11) is 0. The summed E-state index contributed by atoms with van der Waals surface area (Å²) < 4.78 is 2.29. The molecule has 2 aromatic heterocycles. The Kier molecular flexibility index (Phi) is 4.63. The van der Waals surface area contributed by atoms with Crippen LogP contribution in [-0.2, 0) is 0 Å². The lowest BCUT2D eigenvalue weighted by molar-refractivity contribution is 0.636.